The Bertz CT molecular complexity index is 361. The van der Waals surface area contributed by atoms with E-state index in [4.69, 9.17) is 10.4 Å². The standard InChI is InChI=1S/C9H11N3O2/c1-10-9(12-14)8-4-2-3-7(5-8)6-11-13/h2-6,13-14H,1H3,(H,10,12)/b11-6+. The molecule has 0 bridgehead atoms. The summed E-state index contributed by atoms with van der Waals surface area (Å²) in [4.78, 5) is 3.83. The molecule has 0 radical (unpaired) electrons. The SMILES string of the molecule is CN=C(NO)c1cccc(/C=N/O)c1. The normalized spacial score (nSPS) is 12.0. The molecule has 14 heavy (non-hydrogen) atoms. The first kappa shape index (κ1) is 10.2. The maximum atomic E-state index is 8.74. The van der Waals surface area contributed by atoms with Gasteiger partial charge in [-0.25, -0.2) is 0 Å². The fraction of sp³-hybridized carbons (Fsp3) is 0.111. The number of hydrogen-bond acceptors (Lipinski definition) is 4. The number of oxime groups is 1. The van der Waals surface area contributed by atoms with Crippen LogP contribution < -0.4 is 5.48 Å². The Labute approximate surface area is 81.4 Å². The molecular formula is C9H11N3O2. The lowest BCUT2D eigenvalue weighted by molar-refractivity contribution is 0.235. The third-order valence-corrected chi connectivity index (χ3v) is 1.70. The summed E-state index contributed by atoms with van der Waals surface area (Å²) in [6.45, 7) is 0. The molecule has 1 aromatic carbocycles. The second kappa shape index (κ2) is 4.98. The van der Waals surface area contributed by atoms with Crippen LogP contribution >= 0.6 is 0 Å². The van der Waals surface area contributed by atoms with Crippen LogP contribution in [0, 0.1) is 0 Å². The van der Waals surface area contributed by atoms with Crippen LogP contribution in [-0.4, -0.2) is 29.5 Å². The molecule has 0 atom stereocenters. The van der Waals surface area contributed by atoms with Crippen molar-refractivity contribution in [3.8, 4) is 0 Å². The van der Waals surface area contributed by atoms with Crippen molar-refractivity contribution < 1.29 is 10.4 Å². The van der Waals surface area contributed by atoms with Gasteiger partial charge >= 0.3 is 0 Å². The summed E-state index contributed by atoms with van der Waals surface area (Å²) >= 11 is 0. The Morgan fingerprint density at radius 1 is 1.50 bits per heavy atom. The van der Waals surface area contributed by atoms with Crippen LogP contribution in [0.15, 0.2) is 34.4 Å². The number of benzene rings is 1. The van der Waals surface area contributed by atoms with Gasteiger partial charge in [-0.2, -0.15) is 0 Å². The molecule has 0 spiro atoms. The number of nitrogens with zero attached hydrogens (tertiary/aromatic N) is 2. The Hall–Kier alpha value is -1.88. The van der Waals surface area contributed by atoms with Crippen molar-refractivity contribution in [1.82, 2.24) is 5.48 Å². The molecule has 3 N–H and O–H groups in total. The van der Waals surface area contributed by atoms with Gasteiger partial charge in [-0.15, -0.1) is 0 Å². The van der Waals surface area contributed by atoms with Gasteiger partial charge in [-0.05, 0) is 11.6 Å². The maximum absolute atomic E-state index is 8.74. The van der Waals surface area contributed by atoms with E-state index < -0.39 is 0 Å². The number of hydrogen-bond donors (Lipinski definition) is 3. The minimum Gasteiger partial charge on any atom is -0.411 e. The van der Waals surface area contributed by atoms with E-state index >= 15 is 0 Å². The maximum Gasteiger partial charge on any atom is 0.151 e. The number of nitrogens with one attached hydrogen (secondary N) is 1. The monoisotopic (exact) mass is 193 g/mol. The van der Waals surface area contributed by atoms with Crippen molar-refractivity contribution in [3.63, 3.8) is 0 Å². The fourth-order valence-corrected chi connectivity index (χ4v) is 1.08. The molecule has 1 aromatic rings. The van der Waals surface area contributed by atoms with E-state index in [0.29, 0.717) is 11.4 Å². The van der Waals surface area contributed by atoms with Gasteiger partial charge in [0.05, 0.1) is 6.21 Å². The highest BCUT2D eigenvalue weighted by atomic mass is 16.5. The lowest BCUT2D eigenvalue weighted by Crippen LogP contribution is -2.20. The average molecular weight is 193 g/mol. The fourth-order valence-electron chi connectivity index (χ4n) is 1.08. The van der Waals surface area contributed by atoms with Crippen molar-refractivity contribution in [1.29, 1.82) is 0 Å². The zero-order valence-electron chi connectivity index (χ0n) is 7.68. The van der Waals surface area contributed by atoms with Gasteiger partial charge in [0.25, 0.3) is 0 Å². The Balaban J connectivity index is 3.04. The van der Waals surface area contributed by atoms with Crippen LogP contribution in [0.1, 0.15) is 11.1 Å². The molecule has 74 valence electrons. The third-order valence-electron chi connectivity index (χ3n) is 1.70. The van der Waals surface area contributed by atoms with Crippen LogP contribution in [0.4, 0.5) is 0 Å². The summed E-state index contributed by atoms with van der Waals surface area (Å²) in [6, 6.07) is 7.05. The van der Waals surface area contributed by atoms with Crippen LogP contribution in [0.2, 0.25) is 0 Å². The average Bonchev–Trinajstić information content (AvgIpc) is 2.21. The number of rotatable bonds is 2. The van der Waals surface area contributed by atoms with Crippen molar-refractivity contribution >= 4 is 12.1 Å². The highest BCUT2D eigenvalue weighted by Crippen LogP contribution is 2.03. The predicted molar refractivity (Wildman–Crippen MR) is 53.2 cm³/mol. The second-order valence-electron chi connectivity index (χ2n) is 2.55. The minimum absolute atomic E-state index is 0.359. The molecule has 5 heteroatoms. The van der Waals surface area contributed by atoms with Crippen molar-refractivity contribution in [3.05, 3.63) is 35.4 Å². The third kappa shape index (κ3) is 2.30. The molecule has 0 unspecified atom stereocenters. The van der Waals surface area contributed by atoms with E-state index in [1.165, 1.54) is 6.21 Å². The van der Waals surface area contributed by atoms with Crippen molar-refractivity contribution in [2.45, 2.75) is 0 Å². The Morgan fingerprint density at radius 3 is 2.86 bits per heavy atom. The lowest BCUT2D eigenvalue weighted by atomic mass is 10.1. The van der Waals surface area contributed by atoms with E-state index in [1.54, 1.807) is 31.3 Å². The Morgan fingerprint density at radius 2 is 2.29 bits per heavy atom. The summed E-state index contributed by atoms with van der Waals surface area (Å²) in [6.07, 6.45) is 1.30. The molecule has 0 amide bonds. The van der Waals surface area contributed by atoms with E-state index in [0.717, 1.165) is 5.56 Å². The Kier molecular flexibility index (Phi) is 3.63. The minimum atomic E-state index is 0.359. The van der Waals surface area contributed by atoms with Crippen LogP contribution in [-0.2, 0) is 0 Å². The molecule has 0 heterocycles. The summed E-state index contributed by atoms with van der Waals surface area (Å²) in [7, 11) is 1.56. The smallest absolute Gasteiger partial charge is 0.151 e. The number of hydroxylamine groups is 1. The van der Waals surface area contributed by atoms with Gasteiger partial charge in [0, 0.05) is 12.6 Å². The van der Waals surface area contributed by atoms with Crippen LogP contribution in [0.5, 0.6) is 0 Å². The van der Waals surface area contributed by atoms with Crippen molar-refractivity contribution in [2.24, 2.45) is 10.1 Å². The predicted octanol–water partition coefficient (Wildman–Crippen LogP) is 0.850. The van der Waals surface area contributed by atoms with Gasteiger partial charge in [0.2, 0.25) is 0 Å². The molecule has 0 aliphatic carbocycles. The molecule has 0 aromatic heterocycles. The molecule has 0 aliphatic rings. The van der Waals surface area contributed by atoms with Gasteiger partial charge in [-0.1, -0.05) is 23.4 Å². The first-order valence-electron chi connectivity index (χ1n) is 3.96. The van der Waals surface area contributed by atoms with Crippen molar-refractivity contribution in [2.75, 3.05) is 7.05 Å². The second-order valence-corrected chi connectivity index (χ2v) is 2.55. The van der Waals surface area contributed by atoms with Crippen LogP contribution in [0.3, 0.4) is 0 Å². The lowest BCUT2D eigenvalue weighted by Gasteiger charge is -2.03. The van der Waals surface area contributed by atoms with E-state index in [1.807, 2.05) is 5.48 Å². The van der Waals surface area contributed by atoms with Gasteiger partial charge < -0.3 is 5.21 Å². The zero-order chi connectivity index (χ0) is 10.4. The van der Waals surface area contributed by atoms with Gasteiger partial charge in [0.1, 0.15) is 0 Å². The first-order valence-corrected chi connectivity index (χ1v) is 3.96. The van der Waals surface area contributed by atoms with Gasteiger partial charge in [0.15, 0.2) is 5.84 Å². The molecule has 0 fully saturated rings. The molecule has 0 aliphatic heterocycles. The van der Waals surface area contributed by atoms with E-state index in [-0.39, 0.29) is 0 Å². The van der Waals surface area contributed by atoms with E-state index in [2.05, 4.69) is 10.1 Å². The first-order chi connectivity index (χ1) is 6.81. The van der Waals surface area contributed by atoms with E-state index in [9.17, 15) is 0 Å². The number of aliphatic imine (C=N–C) groups is 1. The summed E-state index contributed by atoms with van der Waals surface area (Å²) in [5, 5.41) is 20.0. The van der Waals surface area contributed by atoms with Crippen LogP contribution in [0.25, 0.3) is 0 Å². The summed E-state index contributed by atoms with van der Waals surface area (Å²) < 4.78 is 0. The molecule has 0 saturated heterocycles. The largest absolute Gasteiger partial charge is 0.411 e. The quantitative estimate of drug-likeness (QED) is 0.282. The highest BCUT2D eigenvalue weighted by molar-refractivity contribution is 5.99. The van der Waals surface area contributed by atoms with Gasteiger partial charge in [-0.3, -0.25) is 15.7 Å². The number of amidine groups is 1. The molecular weight excluding hydrogens is 182 g/mol. The topological polar surface area (TPSA) is 77.2 Å². The summed E-state index contributed by atoms with van der Waals surface area (Å²) in [5.41, 5.74) is 3.42. The molecule has 0 saturated carbocycles. The zero-order valence-corrected chi connectivity index (χ0v) is 7.68. The summed E-state index contributed by atoms with van der Waals surface area (Å²) in [5.74, 6) is 0.359. The highest BCUT2D eigenvalue weighted by Gasteiger charge is 2.00. The molecule has 1 rings (SSSR count). The molecule has 5 nitrogen and oxygen atoms in total.